The first-order valence-electron chi connectivity index (χ1n) is 10.7. The number of amides is 2. The molecule has 0 N–H and O–H groups in total. The van der Waals surface area contributed by atoms with Crippen molar-refractivity contribution in [1.82, 2.24) is 9.80 Å². The summed E-state index contributed by atoms with van der Waals surface area (Å²) >= 11 is 0. The molecule has 0 atom stereocenters. The lowest BCUT2D eigenvalue weighted by molar-refractivity contribution is 0.0535. The number of nitrogens with zero attached hydrogens (tertiary/aromatic N) is 2. The van der Waals surface area contributed by atoms with E-state index in [-0.39, 0.29) is 11.8 Å². The van der Waals surface area contributed by atoms with Crippen molar-refractivity contribution in [2.75, 3.05) is 46.5 Å². The van der Waals surface area contributed by atoms with Crippen LogP contribution in [0.1, 0.15) is 41.0 Å². The molecule has 1 heterocycles. The van der Waals surface area contributed by atoms with Gasteiger partial charge in [0.1, 0.15) is 5.75 Å². The van der Waals surface area contributed by atoms with Gasteiger partial charge >= 0.3 is 0 Å². The average molecular weight is 427 g/mol. The lowest BCUT2D eigenvalue weighted by atomic mass is 10.1. The average Bonchev–Trinajstić information content (AvgIpc) is 2.82. The predicted molar refractivity (Wildman–Crippen MR) is 118 cm³/mol. The minimum atomic E-state index is -0.0699. The molecule has 2 aromatic rings. The van der Waals surface area contributed by atoms with Gasteiger partial charge in [-0.05, 0) is 55.8 Å². The van der Waals surface area contributed by atoms with Crippen LogP contribution >= 0.6 is 0 Å². The SMILES string of the molecule is CCCOc1ccc(C(=O)N2CCN(C(=O)c3ccc(OC)cc3)CC2)cc1OCC. The third-order valence-electron chi connectivity index (χ3n) is 5.14. The highest BCUT2D eigenvalue weighted by Crippen LogP contribution is 2.29. The summed E-state index contributed by atoms with van der Waals surface area (Å²) in [6.07, 6.45) is 0.895. The Hall–Kier alpha value is -3.22. The minimum absolute atomic E-state index is 0.0363. The van der Waals surface area contributed by atoms with E-state index in [1.54, 1.807) is 59.4 Å². The molecule has 0 unspecified atom stereocenters. The summed E-state index contributed by atoms with van der Waals surface area (Å²) in [5, 5.41) is 0. The first kappa shape index (κ1) is 22.5. The molecule has 1 fully saturated rings. The number of methoxy groups -OCH3 is 1. The molecule has 1 aliphatic heterocycles. The summed E-state index contributed by atoms with van der Waals surface area (Å²) in [5.41, 5.74) is 1.17. The highest BCUT2D eigenvalue weighted by molar-refractivity contribution is 5.96. The van der Waals surface area contributed by atoms with Crippen molar-refractivity contribution in [2.45, 2.75) is 20.3 Å². The fraction of sp³-hybridized carbons (Fsp3) is 0.417. The molecule has 31 heavy (non-hydrogen) atoms. The summed E-state index contributed by atoms with van der Waals surface area (Å²) in [6.45, 7) is 6.98. The Bertz CT molecular complexity index is 889. The van der Waals surface area contributed by atoms with Crippen LogP contribution < -0.4 is 14.2 Å². The second kappa shape index (κ2) is 10.7. The van der Waals surface area contributed by atoms with Crippen molar-refractivity contribution in [3.05, 3.63) is 53.6 Å². The predicted octanol–water partition coefficient (Wildman–Crippen LogP) is 3.48. The number of ether oxygens (including phenoxy) is 3. The molecule has 0 aromatic heterocycles. The van der Waals surface area contributed by atoms with E-state index in [4.69, 9.17) is 14.2 Å². The molecule has 0 saturated carbocycles. The molecule has 0 spiro atoms. The molecule has 7 heteroatoms. The molecular formula is C24H30N2O5. The van der Waals surface area contributed by atoms with Gasteiger partial charge in [-0.3, -0.25) is 9.59 Å². The maximum Gasteiger partial charge on any atom is 0.254 e. The third kappa shape index (κ3) is 5.48. The van der Waals surface area contributed by atoms with Gasteiger partial charge in [-0.25, -0.2) is 0 Å². The van der Waals surface area contributed by atoms with Crippen LogP contribution in [0.5, 0.6) is 17.2 Å². The van der Waals surface area contributed by atoms with Gasteiger partial charge in [0.15, 0.2) is 11.5 Å². The Kier molecular flexibility index (Phi) is 7.76. The highest BCUT2D eigenvalue weighted by atomic mass is 16.5. The van der Waals surface area contributed by atoms with E-state index in [1.807, 2.05) is 13.8 Å². The van der Waals surface area contributed by atoms with Crippen LogP contribution in [0, 0.1) is 0 Å². The van der Waals surface area contributed by atoms with Crippen molar-refractivity contribution >= 4 is 11.8 Å². The topological polar surface area (TPSA) is 68.3 Å². The highest BCUT2D eigenvalue weighted by Gasteiger charge is 2.26. The van der Waals surface area contributed by atoms with Crippen LogP contribution in [-0.4, -0.2) is 68.1 Å². The molecular weight excluding hydrogens is 396 g/mol. The molecule has 0 bridgehead atoms. The third-order valence-corrected chi connectivity index (χ3v) is 5.14. The summed E-state index contributed by atoms with van der Waals surface area (Å²) in [5.74, 6) is 1.83. The summed E-state index contributed by atoms with van der Waals surface area (Å²) in [7, 11) is 1.59. The first-order valence-corrected chi connectivity index (χ1v) is 10.7. The molecule has 1 aliphatic rings. The summed E-state index contributed by atoms with van der Waals surface area (Å²) in [4.78, 5) is 29.3. The van der Waals surface area contributed by atoms with Crippen LogP contribution in [0.15, 0.2) is 42.5 Å². The molecule has 0 radical (unpaired) electrons. The second-order valence-corrected chi connectivity index (χ2v) is 7.26. The summed E-state index contributed by atoms with van der Waals surface area (Å²) < 4.78 is 16.5. The van der Waals surface area contributed by atoms with Gasteiger partial charge in [0.25, 0.3) is 11.8 Å². The summed E-state index contributed by atoms with van der Waals surface area (Å²) in [6, 6.07) is 12.4. The van der Waals surface area contributed by atoms with Crippen molar-refractivity contribution < 1.29 is 23.8 Å². The quantitative estimate of drug-likeness (QED) is 0.647. The smallest absolute Gasteiger partial charge is 0.254 e. The molecule has 1 saturated heterocycles. The van der Waals surface area contributed by atoms with Gasteiger partial charge in [0.2, 0.25) is 0 Å². The van der Waals surface area contributed by atoms with Gasteiger partial charge < -0.3 is 24.0 Å². The number of carbonyl (C=O) groups is 2. The zero-order chi connectivity index (χ0) is 22.2. The van der Waals surface area contributed by atoms with E-state index in [1.165, 1.54) is 0 Å². The van der Waals surface area contributed by atoms with Crippen LogP contribution in [0.3, 0.4) is 0 Å². The number of piperazine rings is 1. The Labute approximate surface area is 183 Å². The Morgan fingerprint density at radius 3 is 1.94 bits per heavy atom. The number of rotatable bonds is 8. The van der Waals surface area contributed by atoms with Gasteiger partial charge in [0, 0.05) is 37.3 Å². The Balaban J connectivity index is 1.62. The zero-order valence-corrected chi connectivity index (χ0v) is 18.4. The van der Waals surface area contributed by atoms with E-state index in [0.717, 1.165) is 6.42 Å². The van der Waals surface area contributed by atoms with Crippen molar-refractivity contribution in [3.8, 4) is 17.2 Å². The first-order chi connectivity index (χ1) is 15.1. The number of benzene rings is 2. The standard InChI is InChI=1S/C24H30N2O5/c1-4-16-31-21-11-8-19(17-22(21)30-5-2)24(28)26-14-12-25(13-15-26)23(27)18-6-9-20(29-3)10-7-18/h6-11,17H,4-5,12-16H2,1-3H3. The maximum absolute atomic E-state index is 13.0. The minimum Gasteiger partial charge on any atom is -0.497 e. The monoisotopic (exact) mass is 426 g/mol. The van der Waals surface area contributed by atoms with Crippen molar-refractivity contribution in [3.63, 3.8) is 0 Å². The normalized spacial score (nSPS) is 13.6. The van der Waals surface area contributed by atoms with E-state index >= 15 is 0 Å². The fourth-order valence-electron chi connectivity index (χ4n) is 3.45. The molecule has 3 rings (SSSR count). The van der Waals surface area contributed by atoms with Crippen molar-refractivity contribution in [1.29, 1.82) is 0 Å². The second-order valence-electron chi connectivity index (χ2n) is 7.26. The van der Waals surface area contributed by atoms with E-state index in [0.29, 0.717) is 67.8 Å². The zero-order valence-electron chi connectivity index (χ0n) is 18.4. The number of hydrogen-bond acceptors (Lipinski definition) is 5. The van der Waals surface area contributed by atoms with Crippen LogP contribution in [-0.2, 0) is 0 Å². The molecule has 166 valence electrons. The van der Waals surface area contributed by atoms with Gasteiger partial charge in [-0.1, -0.05) is 6.92 Å². The lowest BCUT2D eigenvalue weighted by Gasteiger charge is -2.35. The van der Waals surface area contributed by atoms with Crippen LogP contribution in [0.25, 0.3) is 0 Å². The maximum atomic E-state index is 13.0. The van der Waals surface area contributed by atoms with E-state index in [9.17, 15) is 9.59 Å². The Morgan fingerprint density at radius 1 is 0.806 bits per heavy atom. The largest absolute Gasteiger partial charge is 0.497 e. The van der Waals surface area contributed by atoms with Crippen LogP contribution in [0.2, 0.25) is 0 Å². The van der Waals surface area contributed by atoms with Gasteiger partial charge in [0.05, 0.1) is 20.3 Å². The lowest BCUT2D eigenvalue weighted by Crippen LogP contribution is -2.50. The number of carbonyl (C=O) groups excluding carboxylic acids is 2. The molecule has 2 amide bonds. The fourth-order valence-corrected chi connectivity index (χ4v) is 3.45. The number of hydrogen-bond donors (Lipinski definition) is 0. The van der Waals surface area contributed by atoms with Crippen LogP contribution in [0.4, 0.5) is 0 Å². The van der Waals surface area contributed by atoms with E-state index in [2.05, 4.69) is 0 Å². The van der Waals surface area contributed by atoms with Gasteiger partial charge in [-0.15, -0.1) is 0 Å². The molecule has 2 aromatic carbocycles. The van der Waals surface area contributed by atoms with E-state index < -0.39 is 0 Å². The van der Waals surface area contributed by atoms with Crippen molar-refractivity contribution in [2.24, 2.45) is 0 Å². The molecule has 0 aliphatic carbocycles. The Morgan fingerprint density at radius 2 is 1.39 bits per heavy atom. The van der Waals surface area contributed by atoms with Gasteiger partial charge in [-0.2, -0.15) is 0 Å². The molecule has 7 nitrogen and oxygen atoms in total.